The highest BCUT2D eigenvalue weighted by molar-refractivity contribution is 9.10. The minimum Gasteiger partial charge on any atom is -0.453 e. The molecule has 0 aromatic carbocycles. The van der Waals surface area contributed by atoms with Crippen LogP contribution in [0.15, 0.2) is 21.2 Å². The second-order valence-corrected chi connectivity index (χ2v) is 5.42. The van der Waals surface area contributed by atoms with Gasteiger partial charge in [0, 0.05) is 13.2 Å². The molecule has 3 atom stereocenters. The summed E-state index contributed by atoms with van der Waals surface area (Å²) in [5.41, 5.74) is 0. The van der Waals surface area contributed by atoms with Gasteiger partial charge < -0.3 is 14.5 Å². The molecule has 1 saturated heterocycles. The molecule has 3 nitrogen and oxygen atoms in total. The van der Waals surface area contributed by atoms with Crippen molar-refractivity contribution in [2.24, 2.45) is 5.92 Å². The quantitative estimate of drug-likeness (QED) is 0.904. The maximum atomic E-state index is 5.69. The van der Waals surface area contributed by atoms with Crippen molar-refractivity contribution in [1.82, 2.24) is 5.32 Å². The zero-order valence-electron chi connectivity index (χ0n) is 10.4. The third-order valence-corrected chi connectivity index (χ3v) is 3.88. The summed E-state index contributed by atoms with van der Waals surface area (Å²) in [5.74, 6) is 1.62. The summed E-state index contributed by atoms with van der Waals surface area (Å²) in [6, 6.07) is 4.19. The van der Waals surface area contributed by atoms with E-state index in [1.54, 1.807) is 0 Å². The summed E-state index contributed by atoms with van der Waals surface area (Å²) in [7, 11) is 0. The van der Waals surface area contributed by atoms with Gasteiger partial charge in [-0.05, 0) is 53.7 Å². The predicted octanol–water partition coefficient (Wildman–Crippen LogP) is 3.51. The average Bonchev–Trinajstić information content (AvgIpc) is 2.94. The third-order valence-electron chi connectivity index (χ3n) is 3.46. The van der Waals surface area contributed by atoms with Gasteiger partial charge in [0.25, 0.3) is 0 Å². The Morgan fingerprint density at radius 1 is 1.53 bits per heavy atom. The maximum Gasteiger partial charge on any atom is 0.169 e. The van der Waals surface area contributed by atoms with E-state index >= 15 is 0 Å². The second kappa shape index (κ2) is 6.03. The summed E-state index contributed by atoms with van der Waals surface area (Å²) in [4.78, 5) is 0. The second-order valence-electron chi connectivity index (χ2n) is 4.64. The van der Waals surface area contributed by atoms with Crippen molar-refractivity contribution in [3.8, 4) is 0 Å². The topological polar surface area (TPSA) is 34.4 Å². The van der Waals surface area contributed by atoms with Gasteiger partial charge >= 0.3 is 0 Å². The molecule has 1 aliphatic rings. The minimum absolute atomic E-state index is 0.249. The van der Waals surface area contributed by atoms with E-state index < -0.39 is 0 Å². The lowest BCUT2D eigenvalue weighted by Crippen LogP contribution is -2.30. The van der Waals surface area contributed by atoms with Gasteiger partial charge in [-0.25, -0.2) is 0 Å². The molecule has 1 N–H and O–H groups in total. The van der Waals surface area contributed by atoms with Crippen LogP contribution in [0.2, 0.25) is 0 Å². The molecule has 0 saturated carbocycles. The van der Waals surface area contributed by atoms with E-state index in [2.05, 4.69) is 35.1 Å². The molecule has 0 aliphatic carbocycles. The first kappa shape index (κ1) is 13.1. The van der Waals surface area contributed by atoms with Crippen molar-refractivity contribution >= 4 is 15.9 Å². The lowest BCUT2D eigenvalue weighted by Gasteiger charge is -2.19. The van der Waals surface area contributed by atoms with Crippen molar-refractivity contribution < 1.29 is 9.15 Å². The Kier molecular flexibility index (Phi) is 4.65. The lowest BCUT2D eigenvalue weighted by molar-refractivity contribution is 0.0865. The first-order valence-electron chi connectivity index (χ1n) is 6.31. The van der Waals surface area contributed by atoms with Crippen LogP contribution in [0.3, 0.4) is 0 Å². The highest BCUT2D eigenvalue weighted by atomic mass is 79.9. The molecule has 96 valence electrons. The first-order chi connectivity index (χ1) is 8.20. The molecule has 0 bridgehead atoms. The number of hydrogen-bond acceptors (Lipinski definition) is 3. The number of rotatable bonds is 5. The highest BCUT2D eigenvalue weighted by Crippen LogP contribution is 2.24. The van der Waals surface area contributed by atoms with Crippen LogP contribution >= 0.6 is 15.9 Å². The summed E-state index contributed by atoms with van der Waals surface area (Å²) in [5, 5.41) is 3.52. The molecule has 1 aromatic heterocycles. The molecule has 1 aliphatic heterocycles. The maximum absolute atomic E-state index is 5.69. The zero-order chi connectivity index (χ0) is 12.3. The van der Waals surface area contributed by atoms with Crippen molar-refractivity contribution in [1.29, 1.82) is 0 Å². The van der Waals surface area contributed by atoms with Crippen molar-refractivity contribution in [2.45, 2.75) is 38.8 Å². The van der Waals surface area contributed by atoms with Crippen LogP contribution in [-0.4, -0.2) is 19.3 Å². The van der Waals surface area contributed by atoms with Gasteiger partial charge in [0.1, 0.15) is 5.76 Å². The van der Waals surface area contributed by atoms with E-state index in [9.17, 15) is 0 Å². The summed E-state index contributed by atoms with van der Waals surface area (Å²) in [6.07, 6.45) is 2.70. The number of nitrogens with one attached hydrogen (secondary N) is 1. The predicted molar refractivity (Wildman–Crippen MR) is 71.0 cm³/mol. The molecule has 1 aromatic rings. The Morgan fingerprint density at radius 3 is 3.00 bits per heavy atom. The molecule has 1 fully saturated rings. The number of furan rings is 1. The highest BCUT2D eigenvalue weighted by Gasteiger charge is 2.26. The Hall–Kier alpha value is -0.320. The summed E-state index contributed by atoms with van der Waals surface area (Å²) >= 11 is 3.32. The fraction of sp³-hybridized carbons (Fsp3) is 0.692. The molecular formula is C13H20BrNO2. The van der Waals surface area contributed by atoms with Crippen LogP contribution in [0.5, 0.6) is 0 Å². The monoisotopic (exact) mass is 301 g/mol. The van der Waals surface area contributed by atoms with E-state index in [1.165, 1.54) is 6.42 Å². The van der Waals surface area contributed by atoms with Crippen molar-refractivity contribution in [3.05, 3.63) is 22.6 Å². The van der Waals surface area contributed by atoms with Crippen LogP contribution in [0.1, 0.15) is 38.5 Å². The Labute approximate surface area is 111 Å². The number of halogens is 1. The minimum atomic E-state index is 0.249. The Balaban J connectivity index is 1.81. The van der Waals surface area contributed by atoms with E-state index in [-0.39, 0.29) is 6.04 Å². The van der Waals surface area contributed by atoms with Crippen LogP contribution < -0.4 is 5.32 Å². The smallest absolute Gasteiger partial charge is 0.169 e. The van der Waals surface area contributed by atoms with Gasteiger partial charge in [-0.1, -0.05) is 6.92 Å². The molecule has 0 radical (unpaired) electrons. The molecular weight excluding hydrogens is 282 g/mol. The van der Waals surface area contributed by atoms with Crippen LogP contribution in [-0.2, 0) is 4.74 Å². The van der Waals surface area contributed by atoms with Gasteiger partial charge in [-0.3, -0.25) is 0 Å². The van der Waals surface area contributed by atoms with E-state index in [1.807, 2.05) is 12.1 Å². The molecule has 2 heterocycles. The molecule has 17 heavy (non-hydrogen) atoms. The van der Waals surface area contributed by atoms with Gasteiger partial charge in [0.15, 0.2) is 4.67 Å². The zero-order valence-corrected chi connectivity index (χ0v) is 12.0. The fourth-order valence-corrected chi connectivity index (χ4v) is 2.69. The van der Waals surface area contributed by atoms with E-state index in [4.69, 9.17) is 9.15 Å². The molecule has 4 heteroatoms. The van der Waals surface area contributed by atoms with Gasteiger partial charge in [-0.15, -0.1) is 0 Å². The fourth-order valence-electron chi connectivity index (χ4n) is 2.37. The molecule has 0 spiro atoms. The van der Waals surface area contributed by atoms with Crippen LogP contribution in [0.4, 0.5) is 0 Å². The van der Waals surface area contributed by atoms with Crippen LogP contribution in [0.25, 0.3) is 0 Å². The standard InChI is InChI=1S/C13H20BrNO2/c1-3-11-10(6-7-16-11)8-15-9(2)12-4-5-13(14)17-12/h4-5,9-11,15H,3,6-8H2,1-2H3. The summed E-state index contributed by atoms with van der Waals surface area (Å²) in [6.45, 7) is 6.22. The van der Waals surface area contributed by atoms with Gasteiger partial charge in [-0.2, -0.15) is 0 Å². The van der Waals surface area contributed by atoms with Gasteiger partial charge in [0.05, 0.1) is 12.1 Å². The average molecular weight is 302 g/mol. The first-order valence-corrected chi connectivity index (χ1v) is 7.10. The summed E-state index contributed by atoms with van der Waals surface area (Å²) < 4.78 is 12.0. The number of ether oxygens (including phenoxy) is 1. The van der Waals surface area contributed by atoms with E-state index in [0.717, 1.165) is 30.0 Å². The largest absolute Gasteiger partial charge is 0.453 e. The van der Waals surface area contributed by atoms with Crippen molar-refractivity contribution in [2.75, 3.05) is 13.2 Å². The molecule has 3 unspecified atom stereocenters. The normalized spacial score (nSPS) is 26.3. The number of hydrogen-bond donors (Lipinski definition) is 1. The Morgan fingerprint density at radius 2 is 2.35 bits per heavy atom. The van der Waals surface area contributed by atoms with Crippen molar-refractivity contribution in [3.63, 3.8) is 0 Å². The third kappa shape index (κ3) is 3.33. The molecule has 0 amide bonds. The lowest BCUT2D eigenvalue weighted by atomic mass is 9.99. The van der Waals surface area contributed by atoms with E-state index in [0.29, 0.717) is 12.0 Å². The molecule has 2 rings (SSSR count). The van der Waals surface area contributed by atoms with Gasteiger partial charge in [0.2, 0.25) is 0 Å². The van der Waals surface area contributed by atoms with Crippen LogP contribution in [0, 0.1) is 5.92 Å². The Bertz CT molecular complexity index is 353. The SMILES string of the molecule is CCC1OCCC1CNC(C)c1ccc(Br)o1.